The van der Waals surface area contributed by atoms with Gasteiger partial charge in [0.15, 0.2) is 0 Å². The highest BCUT2D eigenvalue weighted by Crippen LogP contribution is 2.25. The van der Waals surface area contributed by atoms with E-state index in [9.17, 15) is 4.79 Å². The molecule has 0 aromatic heterocycles. The van der Waals surface area contributed by atoms with Gasteiger partial charge in [0.1, 0.15) is 0 Å². The Morgan fingerprint density at radius 1 is 0.679 bits per heavy atom. The summed E-state index contributed by atoms with van der Waals surface area (Å²) in [5.74, 6) is -0.320. The standard InChI is InChI=1S/C26H20O2/c1-28-26(27)22-12-9-19(10-13-22)7-8-20-11-14-25-18-24(16-15-23(25)17-20)21-5-3-2-4-6-21/h2-18H,1H3/b8-7+. The highest BCUT2D eigenvalue weighted by Gasteiger charge is 2.03. The molecule has 4 rings (SSSR count). The molecule has 0 unspecified atom stereocenters. The second-order valence-corrected chi connectivity index (χ2v) is 6.63. The van der Waals surface area contributed by atoms with Crippen LogP contribution < -0.4 is 0 Å². The topological polar surface area (TPSA) is 26.3 Å². The number of methoxy groups -OCH3 is 1. The normalized spacial score (nSPS) is 11.0. The van der Waals surface area contributed by atoms with E-state index in [0.29, 0.717) is 5.56 Å². The minimum absolute atomic E-state index is 0.320. The maximum atomic E-state index is 11.5. The Morgan fingerprint density at radius 2 is 1.32 bits per heavy atom. The number of benzene rings is 4. The monoisotopic (exact) mass is 364 g/mol. The molecular formula is C26H20O2. The highest BCUT2D eigenvalue weighted by atomic mass is 16.5. The Morgan fingerprint density at radius 3 is 2.07 bits per heavy atom. The van der Waals surface area contributed by atoms with Crippen molar-refractivity contribution in [3.8, 4) is 11.1 Å². The van der Waals surface area contributed by atoms with Crippen LogP contribution in [-0.4, -0.2) is 13.1 Å². The molecule has 0 atom stereocenters. The highest BCUT2D eigenvalue weighted by molar-refractivity contribution is 5.91. The minimum atomic E-state index is -0.320. The van der Waals surface area contributed by atoms with Gasteiger partial charge in [-0.3, -0.25) is 0 Å². The molecule has 2 nitrogen and oxygen atoms in total. The van der Waals surface area contributed by atoms with Gasteiger partial charge in [-0.25, -0.2) is 4.79 Å². The van der Waals surface area contributed by atoms with E-state index in [0.717, 1.165) is 11.1 Å². The van der Waals surface area contributed by atoms with E-state index in [4.69, 9.17) is 4.74 Å². The van der Waals surface area contributed by atoms with E-state index >= 15 is 0 Å². The number of hydrogen-bond donors (Lipinski definition) is 0. The molecule has 4 aromatic carbocycles. The summed E-state index contributed by atoms with van der Waals surface area (Å²) in [6.07, 6.45) is 4.12. The fourth-order valence-electron chi connectivity index (χ4n) is 3.22. The van der Waals surface area contributed by atoms with Crippen molar-refractivity contribution in [2.45, 2.75) is 0 Å². The van der Waals surface area contributed by atoms with Crippen molar-refractivity contribution in [2.75, 3.05) is 7.11 Å². The molecule has 0 radical (unpaired) electrons. The second-order valence-electron chi connectivity index (χ2n) is 6.63. The van der Waals surface area contributed by atoms with Crippen molar-refractivity contribution < 1.29 is 9.53 Å². The van der Waals surface area contributed by atoms with E-state index in [-0.39, 0.29) is 5.97 Å². The third-order valence-electron chi connectivity index (χ3n) is 4.77. The summed E-state index contributed by atoms with van der Waals surface area (Å²) in [5.41, 5.74) is 5.18. The molecule has 0 saturated heterocycles. The maximum absolute atomic E-state index is 11.5. The molecule has 0 N–H and O–H groups in total. The van der Waals surface area contributed by atoms with Crippen LogP contribution in [0, 0.1) is 0 Å². The van der Waals surface area contributed by atoms with Gasteiger partial charge in [0, 0.05) is 0 Å². The van der Waals surface area contributed by atoms with Crippen molar-refractivity contribution in [2.24, 2.45) is 0 Å². The first-order valence-electron chi connectivity index (χ1n) is 9.19. The van der Waals surface area contributed by atoms with Crippen LogP contribution in [0.4, 0.5) is 0 Å². The first-order chi connectivity index (χ1) is 13.7. The average Bonchev–Trinajstić information content (AvgIpc) is 2.77. The van der Waals surface area contributed by atoms with Crippen LogP contribution in [0.25, 0.3) is 34.1 Å². The molecule has 0 aliphatic carbocycles. The Hall–Kier alpha value is -3.65. The van der Waals surface area contributed by atoms with Crippen LogP contribution in [0.3, 0.4) is 0 Å². The Balaban J connectivity index is 1.56. The number of rotatable bonds is 4. The smallest absolute Gasteiger partial charge is 0.337 e. The molecular weight excluding hydrogens is 344 g/mol. The molecule has 136 valence electrons. The summed E-state index contributed by atoms with van der Waals surface area (Å²) in [7, 11) is 1.39. The maximum Gasteiger partial charge on any atom is 0.337 e. The molecule has 0 spiro atoms. The number of carbonyl (C=O) groups is 1. The second kappa shape index (κ2) is 7.93. The van der Waals surface area contributed by atoms with Crippen LogP contribution in [0.2, 0.25) is 0 Å². The van der Waals surface area contributed by atoms with Gasteiger partial charge in [-0.2, -0.15) is 0 Å². The molecule has 0 bridgehead atoms. The zero-order valence-electron chi connectivity index (χ0n) is 15.6. The third-order valence-corrected chi connectivity index (χ3v) is 4.77. The Bertz CT molecular complexity index is 1140. The van der Waals surface area contributed by atoms with E-state index in [1.165, 1.54) is 29.0 Å². The molecule has 0 aliphatic heterocycles. The number of esters is 1. The molecule has 28 heavy (non-hydrogen) atoms. The predicted octanol–water partition coefficient (Wildman–Crippen LogP) is 6.46. The van der Waals surface area contributed by atoms with E-state index in [2.05, 4.69) is 66.7 Å². The molecule has 0 heterocycles. The van der Waals surface area contributed by atoms with Crippen molar-refractivity contribution in [3.63, 3.8) is 0 Å². The fourth-order valence-corrected chi connectivity index (χ4v) is 3.22. The number of fused-ring (bicyclic) bond motifs is 1. The quantitative estimate of drug-likeness (QED) is 0.307. The van der Waals surface area contributed by atoms with Crippen molar-refractivity contribution >= 4 is 28.9 Å². The Kier molecular flexibility index (Phi) is 5.03. The van der Waals surface area contributed by atoms with Crippen molar-refractivity contribution in [1.82, 2.24) is 0 Å². The molecule has 0 amide bonds. The van der Waals surface area contributed by atoms with Gasteiger partial charge in [0.25, 0.3) is 0 Å². The largest absolute Gasteiger partial charge is 0.465 e. The first-order valence-corrected chi connectivity index (χ1v) is 9.19. The van der Waals surface area contributed by atoms with Crippen molar-refractivity contribution in [1.29, 1.82) is 0 Å². The molecule has 2 heteroatoms. The van der Waals surface area contributed by atoms with Gasteiger partial charge in [-0.05, 0) is 57.3 Å². The summed E-state index contributed by atoms with van der Waals surface area (Å²) in [6.45, 7) is 0. The summed E-state index contributed by atoms with van der Waals surface area (Å²) >= 11 is 0. The fraction of sp³-hybridized carbons (Fsp3) is 0.0385. The van der Waals surface area contributed by atoms with E-state index in [1.807, 2.05) is 24.3 Å². The summed E-state index contributed by atoms with van der Waals surface area (Å²) in [4.78, 5) is 11.5. The summed E-state index contributed by atoms with van der Waals surface area (Å²) < 4.78 is 4.73. The van der Waals surface area contributed by atoms with E-state index in [1.54, 1.807) is 12.1 Å². The zero-order chi connectivity index (χ0) is 19.3. The lowest BCUT2D eigenvalue weighted by Crippen LogP contribution is -2.00. The van der Waals surface area contributed by atoms with Gasteiger partial charge in [-0.15, -0.1) is 0 Å². The lowest BCUT2D eigenvalue weighted by Gasteiger charge is -2.05. The summed E-state index contributed by atoms with van der Waals surface area (Å²) in [6, 6.07) is 30.8. The van der Waals surface area contributed by atoms with Gasteiger partial charge in [-0.1, -0.05) is 78.9 Å². The third kappa shape index (κ3) is 3.86. The van der Waals surface area contributed by atoms with E-state index < -0.39 is 0 Å². The van der Waals surface area contributed by atoms with Crippen molar-refractivity contribution in [3.05, 3.63) is 108 Å². The summed E-state index contributed by atoms with van der Waals surface area (Å²) in [5, 5.41) is 2.43. The van der Waals surface area contributed by atoms with Crippen LogP contribution in [-0.2, 0) is 4.74 Å². The van der Waals surface area contributed by atoms with Gasteiger partial charge >= 0.3 is 5.97 Å². The predicted molar refractivity (Wildman–Crippen MR) is 116 cm³/mol. The Labute approximate surface area is 164 Å². The van der Waals surface area contributed by atoms with Crippen LogP contribution in [0.15, 0.2) is 91.0 Å². The molecule has 0 fully saturated rings. The minimum Gasteiger partial charge on any atom is -0.465 e. The van der Waals surface area contributed by atoms with Gasteiger partial charge < -0.3 is 4.74 Å². The van der Waals surface area contributed by atoms with Crippen LogP contribution >= 0.6 is 0 Å². The lowest BCUT2D eigenvalue weighted by atomic mass is 10.00. The number of ether oxygens (including phenoxy) is 1. The van der Waals surface area contributed by atoms with Crippen LogP contribution in [0.1, 0.15) is 21.5 Å². The van der Waals surface area contributed by atoms with Gasteiger partial charge in [0.05, 0.1) is 12.7 Å². The first kappa shape index (κ1) is 17.7. The van der Waals surface area contributed by atoms with Gasteiger partial charge in [0.2, 0.25) is 0 Å². The van der Waals surface area contributed by atoms with Crippen LogP contribution in [0.5, 0.6) is 0 Å². The number of carbonyl (C=O) groups excluding carboxylic acids is 1. The number of hydrogen-bond acceptors (Lipinski definition) is 2. The molecule has 0 saturated carbocycles. The molecule has 4 aromatic rings. The molecule has 0 aliphatic rings. The average molecular weight is 364 g/mol. The SMILES string of the molecule is COC(=O)c1ccc(/C=C/c2ccc3cc(-c4ccccc4)ccc3c2)cc1. The zero-order valence-corrected chi connectivity index (χ0v) is 15.6. The lowest BCUT2D eigenvalue weighted by molar-refractivity contribution is 0.0600.